The number of alkyl halides is 3. The van der Waals surface area contributed by atoms with Crippen LogP contribution < -0.4 is 5.32 Å². The SMILES string of the molecule is Cc1c(-c2ccccc2)c2cc3c(cc2n1C(=O)CCc1ccc(C(F)(F)F)cc1)SC(C)N3. The predicted molar refractivity (Wildman–Crippen MR) is 131 cm³/mol. The minimum absolute atomic E-state index is 0.0754. The summed E-state index contributed by atoms with van der Waals surface area (Å²) in [6, 6.07) is 19.2. The van der Waals surface area contributed by atoms with Gasteiger partial charge in [0.25, 0.3) is 0 Å². The van der Waals surface area contributed by atoms with Gasteiger partial charge in [-0.1, -0.05) is 54.2 Å². The fourth-order valence-corrected chi connectivity index (χ4v) is 5.60. The van der Waals surface area contributed by atoms with Gasteiger partial charge in [-0.15, -0.1) is 0 Å². The van der Waals surface area contributed by atoms with E-state index in [-0.39, 0.29) is 17.7 Å². The minimum atomic E-state index is -4.37. The van der Waals surface area contributed by atoms with Crippen LogP contribution in [0.5, 0.6) is 0 Å². The first-order chi connectivity index (χ1) is 16.2. The average molecular weight is 481 g/mol. The lowest BCUT2D eigenvalue weighted by Gasteiger charge is -2.10. The summed E-state index contributed by atoms with van der Waals surface area (Å²) in [4.78, 5) is 14.6. The van der Waals surface area contributed by atoms with Crippen molar-refractivity contribution in [2.45, 2.75) is 43.1 Å². The smallest absolute Gasteiger partial charge is 0.372 e. The maximum absolute atomic E-state index is 13.4. The van der Waals surface area contributed by atoms with Crippen LogP contribution in [0.4, 0.5) is 18.9 Å². The normalized spacial score (nSPS) is 15.4. The van der Waals surface area contributed by atoms with Crippen LogP contribution in [-0.4, -0.2) is 15.8 Å². The van der Waals surface area contributed by atoms with Crippen molar-refractivity contribution in [3.8, 4) is 11.1 Å². The number of nitrogens with one attached hydrogen (secondary N) is 1. The third-order valence-electron chi connectivity index (χ3n) is 6.19. The Balaban J connectivity index is 1.52. The lowest BCUT2D eigenvalue weighted by molar-refractivity contribution is -0.137. The highest BCUT2D eigenvalue weighted by Crippen LogP contribution is 2.44. The molecule has 0 aliphatic carbocycles. The predicted octanol–water partition coefficient (Wildman–Crippen LogP) is 7.77. The largest absolute Gasteiger partial charge is 0.416 e. The maximum Gasteiger partial charge on any atom is 0.416 e. The molecule has 4 aromatic rings. The van der Waals surface area contributed by atoms with E-state index in [9.17, 15) is 18.0 Å². The lowest BCUT2D eigenvalue weighted by Crippen LogP contribution is -2.13. The van der Waals surface area contributed by atoms with E-state index in [1.807, 2.05) is 37.3 Å². The highest BCUT2D eigenvalue weighted by atomic mass is 32.2. The molecule has 1 N–H and O–H groups in total. The first-order valence-corrected chi connectivity index (χ1v) is 12.0. The zero-order chi connectivity index (χ0) is 24.0. The Morgan fingerprint density at radius 2 is 1.76 bits per heavy atom. The molecule has 1 aromatic heterocycles. The van der Waals surface area contributed by atoms with E-state index in [0.29, 0.717) is 12.0 Å². The molecule has 0 amide bonds. The summed E-state index contributed by atoms with van der Waals surface area (Å²) in [6.45, 7) is 4.05. The summed E-state index contributed by atoms with van der Waals surface area (Å²) in [5.74, 6) is -0.0754. The van der Waals surface area contributed by atoms with Gasteiger partial charge in [0.2, 0.25) is 5.91 Å². The van der Waals surface area contributed by atoms with Gasteiger partial charge in [-0.05, 0) is 55.7 Å². The zero-order valence-electron chi connectivity index (χ0n) is 18.7. The van der Waals surface area contributed by atoms with E-state index in [1.54, 1.807) is 16.3 Å². The molecule has 7 heteroatoms. The number of hydrogen-bond donors (Lipinski definition) is 1. The fourth-order valence-electron chi connectivity index (χ4n) is 4.60. The molecule has 174 valence electrons. The lowest BCUT2D eigenvalue weighted by atomic mass is 10.0. The van der Waals surface area contributed by atoms with Crippen molar-refractivity contribution in [1.82, 2.24) is 4.57 Å². The van der Waals surface area contributed by atoms with Gasteiger partial charge >= 0.3 is 6.18 Å². The van der Waals surface area contributed by atoms with Gasteiger partial charge in [0, 0.05) is 33.6 Å². The van der Waals surface area contributed by atoms with Crippen molar-refractivity contribution in [3.05, 3.63) is 83.6 Å². The van der Waals surface area contributed by atoms with Crippen molar-refractivity contribution >= 4 is 34.3 Å². The third-order valence-corrected chi connectivity index (χ3v) is 7.25. The molecule has 0 spiro atoms. The summed E-state index contributed by atoms with van der Waals surface area (Å²) < 4.78 is 40.3. The van der Waals surface area contributed by atoms with Gasteiger partial charge in [-0.25, -0.2) is 0 Å². The van der Waals surface area contributed by atoms with Crippen LogP contribution in [0.25, 0.3) is 22.0 Å². The van der Waals surface area contributed by atoms with Crippen LogP contribution in [0.1, 0.15) is 35.0 Å². The Morgan fingerprint density at radius 1 is 1.06 bits per heavy atom. The van der Waals surface area contributed by atoms with Gasteiger partial charge in [0.1, 0.15) is 0 Å². The molecule has 3 aromatic carbocycles. The molecule has 0 bridgehead atoms. The molecule has 0 saturated carbocycles. The average Bonchev–Trinajstić information content (AvgIpc) is 3.30. The van der Waals surface area contributed by atoms with Gasteiger partial charge in [0.15, 0.2) is 0 Å². The van der Waals surface area contributed by atoms with E-state index in [4.69, 9.17) is 0 Å². The van der Waals surface area contributed by atoms with Crippen molar-refractivity contribution in [1.29, 1.82) is 0 Å². The third kappa shape index (κ3) is 4.09. The van der Waals surface area contributed by atoms with Crippen molar-refractivity contribution < 1.29 is 18.0 Å². The Kier molecular flexibility index (Phi) is 5.68. The quantitative estimate of drug-likeness (QED) is 0.324. The molecule has 0 fully saturated rings. The molecule has 2 heterocycles. The molecule has 1 aliphatic rings. The number of rotatable bonds is 4. The first kappa shape index (κ1) is 22.6. The number of nitrogens with zero attached hydrogens (tertiary/aromatic N) is 1. The first-order valence-electron chi connectivity index (χ1n) is 11.1. The highest BCUT2D eigenvalue weighted by molar-refractivity contribution is 8.00. The Labute approximate surface area is 200 Å². The van der Waals surface area contributed by atoms with Crippen LogP contribution >= 0.6 is 11.8 Å². The number of aryl methyl sites for hydroxylation is 1. The second kappa shape index (κ2) is 8.55. The number of fused-ring (bicyclic) bond motifs is 2. The number of carbonyl (C=O) groups excluding carboxylic acids is 1. The summed E-state index contributed by atoms with van der Waals surface area (Å²) >= 11 is 1.72. The van der Waals surface area contributed by atoms with Crippen molar-refractivity contribution in [3.63, 3.8) is 0 Å². The standard InChI is InChI=1S/C27H23F3N2OS/c1-16-26(19-6-4-3-5-7-19)21-14-22-24(34-17(2)31-22)15-23(21)32(16)25(33)13-10-18-8-11-20(12-9-18)27(28,29)30/h3-9,11-12,14-15,17,31H,10,13H2,1-2H3. The molecule has 1 unspecified atom stereocenters. The number of halogens is 3. The van der Waals surface area contributed by atoms with Crippen molar-refractivity contribution in [2.24, 2.45) is 0 Å². The molecule has 1 atom stereocenters. The number of hydrogen-bond acceptors (Lipinski definition) is 3. The summed E-state index contributed by atoms with van der Waals surface area (Å²) in [7, 11) is 0. The van der Waals surface area contributed by atoms with Gasteiger partial charge < -0.3 is 5.32 Å². The van der Waals surface area contributed by atoms with Crippen LogP contribution in [0, 0.1) is 6.92 Å². The molecule has 0 saturated heterocycles. The maximum atomic E-state index is 13.4. The Morgan fingerprint density at radius 3 is 2.44 bits per heavy atom. The molecule has 1 aliphatic heterocycles. The minimum Gasteiger partial charge on any atom is -0.372 e. The second-order valence-corrected chi connectivity index (χ2v) is 9.90. The molecule has 5 rings (SSSR count). The van der Waals surface area contributed by atoms with Crippen LogP contribution in [0.15, 0.2) is 71.6 Å². The summed E-state index contributed by atoms with van der Waals surface area (Å²) in [5.41, 5.74) is 4.86. The summed E-state index contributed by atoms with van der Waals surface area (Å²) in [5, 5.41) is 4.74. The van der Waals surface area contributed by atoms with Crippen LogP contribution in [-0.2, 0) is 12.6 Å². The molecule has 3 nitrogen and oxygen atoms in total. The van der Waals surface area contributed by atoms with E-state index in [0.717, 1.165) is 50.4 Å². The Hall–Kier alpha value is -3.19. The topological polar surface area (TPSA) is 34.0 Å². The highest BCUT2D eigenvalue weighted by Gasteiger charge is 2.30. The van der Waals surface area contributed by atoms with E-state index in [1.165, 1.54) is 12.1 Å². The number of benzene rings is 3. The number of aromatic nitrogens is 1. The number of carbonyl (C=O) groups is 1. The van der Waals surface area contributed by atoms with E-state index >= 15 is 0 Å². The van der Waals surface area contributed by atoms with Crippen LogP contribution in [0.3, 0.4) is 0 Å². The van der Waals surface area contributed by atoms with Gasteiger partial charge in [0.05, 0.1) is 16.5 Å². The molecular formula is C27H23F3N2OS. The van der Waals surface area contributed by atoms with E-state index in [2.05, 4.69) is 24.4 Å². The Bertz CT molecular complexity index is 1380. The summed E-state index contributed by atoms with van der Waals surface area (Å²) in [6.07, 6.45) is -3.80. The van der Waals surface area contributed by atoms with E-state index < -0.39 is 11.7 Å². The zero-order valence-corrected chi connectivity index (χ0v) is 19.6. The number of anilines is 1. The monoisotopic (exact) mass is 480 g/mol. The van der Waals surface area contributed by atoms with Gasteiger partial charge in [-0.2, -0.15) is 13.2 Å². The van der Waals surface area contributed by atoms with Crippen molar-refractivity contribution in [2.75, 3.05) is 5.32 Å². The molecule has 0 radical (unpaired) electrons. The van der Waals surface area contributed by atoms with Crippen LogP contribution in [0.2, 0.25) is 0 Å². The fraction of sp³-hybridized carbons (Fsp3) is 0.222. The molecular weight excluding hydrogens is 457 g/mol. The molecule has 34 heavy (non-hydrogen) atoms. The number of thioether (sulfide) groups is 1. The van der Waals surface area contributed by atoms with Gasteiger partial charge in [-0.3, -0.25) is 9.36 Å². The second-order valence-electron chi connectivity index (χ2n) is 8.52.